The molecule has 1 atom stereocenters. The molecule has 3 heteroatoms. The Kier molecular flexibility index (Phi) is 5.71. The van der Waals surface area contributed by atoms with E-state index in [4.69, 9.17) is 5.73 Å². The third-order valence-electron chi connectivity index (χ3n) is 2.19. The van der Waals surface area contributed by atoms with Crippen LogP contribution in [-0.2, 0) is 4.79 Å². The largest absolute Gasteiger partial charge is 0.342 e. The van der Waals surface area contributed by atoms with Crippen LogP contribution in [-0.4, -0.2) is 29.9 Å². The van der Waals surface area contributed by atoms with Gasteiger partial charge < -0.3 is 10.6 Å². The van der Waals surface area contributed by atoms with Gasteiger partial charge in [-0.05, 0) is 19.3 Å². The van der Waals surface area contributed by atoms with Crippen LogP contribution in [0.5, 0.6) is 0 Å². The van der Waals surface area contributed by atoms with Crippen LogP contribution in [0.4, 0.5) is 0 Å². The number of hydrogen-bond donors (Lipinski definition) is 1. The summed E-state index contributed by atoms with van der Waals surface area (Å²) in [7, 11) is 0. The summed E-state index contributed by atoms with van der Waals surface area (Å²) in [5, 5.41) is 0. The van der Waals surface area contributed by atoms with Crippen molar-refractivity contribution in [3.63, 3.8) is 0 Å². The van der Waals surface area contributed by atoms with Crippen molar-refractivity contribution >= 4 is 5.91 Å². The third kappa shape index (κ3) is 3.77. The second-order valence-corrected chi connectivity index (χ2v) is 3.69. The van der Waals surface area contributed by atoms with Crippen molar-refractivity contribution in [2.75, 3.05) is 13.1 Å². The quantitative estimate of drug-likeness (QED) is 0.702. The van der Waals surface area contributed by atoms with Gasteiger partial charge in [-0.3, -0.25) is 4.79 Å². The van der Waals surface area contributed by atoms with Crippen LogP contribution < -0.4 is 5.73 Å². The van der Waals surface area contributed by atoms with Gasteiger partial charge in [-0.1, -0.05) is 20.8 Å². The molecule has 0 spiro atoms. The predicted octanol–water partition coefficient (Wildman–Crippen LogP) is 1.23. The van der Waals surface area contributed by atoms with E-state index >= 15 is 0 Å². The Labute approximate surface area is 81.3 Å². The molecule has 0 aromatic carbocycles. The Morgan fingerprint density at radius 3 is 2.23 bits per heavy atom. The maximum absolute atomic E-state index is 11.7. The van der Waals surface area contributed by atoms with Crippen molar-refractivity contribution in [2.24, 2.45) is 11.7 Å². The molecule has 2 N–H and O–H groups in total. The van der Waals surface area contributed by atoms with Gasteiger partial charge in [-0.15, -0.1) is 0 Å². The zero-order valence-electron chi connectivity index (χ0n) is 9.21. The highest BCUT2D eigenvalue weighted by Crippen LogP contribution is 2.03. The molecule has 0 aliphatic rings. The molecule has 0 aromatic rings. The van der Waals surface area contributed by atoms with Crippen molar-refractivity contribution in [3.8, 4) is 0 Å². The summed E-state index contributed by atoms with van der Waals surface area (Å²) in [6, 6.07) is -0.341. The van der Waals surface area contributed by atoms with Crippen LogP contribution in [0.15, 0.2) is 0 Å². The fourth-order valence-electron chi connectivity index (χ4n) is 1.19. The van der Waals surface area contributed by atoms with Gasteiger partial charge in [0, 0.05) is 13.1 Å². The van der Waals surface area contributed by atoms with Gasteiger partial charge in [0.15, 0.2) is 0 Å². The minimum absolute atomic E-state index is 0.0827. The molecule has 0 fully saturated rings. The molecule has 0 aliphatic carbocycles. The lowest BCUT2D eigenvalue weighted by atomic mass is 10.0. The van der Waals surface area contributed by atoms with E-state index in [0.29, 0.717) is 0 Å². The molecule has 0 saturated heterocycles. The first-order chi connectivity index (χ1) is 6.04. The normalized spacial score (nSPS) is 13.1. The maximum Gasteiger partial charge on any atom is 0.239 e. The van der Waals surface area contributed by atoms with Crippen LogP contribution in [0.1, 0.15) is 34.1 Å². The number of rotatable bonds is 5. The second kappa shape index (κ2) is 5.97. The molecular formula is C10H22N2O. The molecule has 0 saturated carbocycles. The molecule has 78 valence electrons. The molecule has 0 rings (SSSR count). The number of nitrogens with zero attached hydrogens (tertiary/aromatic N) is 1. The van der Waals surface area contributed by atoms with E-state index in [2.05, 4.69) is 6.92 Å². The Hall–Kier alpha value is -0.570. The number of nitrogens with two attached hydrogens (primary N) is 1. The van der Waals surface area contributed by atoms with Crippen molar-refractivity contribution in [1.29, 1.82) is 0 Å². The number of amides is 1. The topological polar surface area (TPSA) is 46.3 Å². The first-order valence-corrected chi connectivity index (χ1v) is 5.08. The molecule has 1 amide bonds. The van der Waals surface area contributed by atoms with E-state index in [1.165, 1.54) is 0 Å². The number of carbonyl (C=O) groups is 1. The van der Waals surface area contributed by atoms with Crippen LogP contribution in [0.2, 0.25) is 0 Å². The van der Waals surface area contributed by atoms with E-state index in [1.807, 2.05) is 25.7 Å². The summed E-state index contributed by atoms with van der Waals surface area (Å²) >= 11 is 0. The Balaban J connectivity index is 4.19. The van der Waals surface area contributed by atoms with Crippen LogP contribution in [0, 0.1) is 5.92 Å². The van der Waals surface area contributed by atoms with Crippen molar-refractivity contribution in [1.82, 2.24) is 4.90 Å². The predicted molar refractivity (Wildman–Crippen MR) is 55.4 cm³/mol. The fraction of sp³-hybridized carbons (Fsp3) is 0.900. The summed E-state index contributed by atoms with van der Waals surface area (Å²) in [5.41, 5.74) is 5.78. The Morgan fingerprint density at radius 1 is 1.38 bits per heavy atom. The smallest absolute Gasteiger partial charge is 0.239 e. The summed E-state index contributed by atoms with van der Waals surface area (Å²) in [6.45, 7) is 9.57. The molecule has 0 aliphatic heterocycles. The molecule has 0 heterocycles. The Bertz CT molecular complexity index is 157. The summed E-state index contributed by atoms with van der Waals surface area (Å²) < 4.78 is 0. The van der Waals surface area contributed by atoms with Crippen LogP contribution in [0.3, 0.4) is 0 Å². The Morgan fingerprint density at radius 2 is 1.92 bits per heavy atom. The summed E-state index contributed by atoms with van der Waals surface area (Å²) in [5.74, 6) is 0.303. The summed E-state index contributed by atoms with van der Waals surface area (Å²) in [4.78, 5) is 13.5. The molecule has 13 heavy (non-hydrogen) atoms. The van der Waals surface area contributed by atoms with Gasteiger partial charge in [0.05, 0.1) is 6.04 Å². The lowest BCUT2D eigenvalue weighted by Crippen LogP contribution is -2.46. The lowest BCUT2D eigenvalue weighted by molar-refractivity contribution is -0.133. The first-order valence-electron chi connectivity index (χ1n) is 5.08. The van der Waals surface area contributed by atoms with Gasteiger partial charge in [0.1, 0.15) is 0 Å². The van der Waals surface area contributed by atoms with Crippen molar-refractivity contribution in [3.05, 3.63) is 0 Å². The summed E-state index contributed by atoms with van der Waals surface area (Å²) in [6.07, 6.45) is 0.990. The highest BCUT2D eigenvalue weighted by molar-refractivity contribution is 5.81. The molecule has 0 radical (unpaired) electrons. The zero-order chi connectivity index (χ0) is 10.4. The molecule has 0 bridgehead atoms. The number of likely N-dealkylation sites (N-methyl/N-ethyl adjacent to an activating group) is 1. The van der Waals surface area contributed by atoms with Gasteiger partial charge in [0.2, 0.25) is 5.91 Å². The molecule has 0 unspecified atom stereocenters. The van der Waals surface area contributed by atoms with Crippen LogP contribution in [0.25, 0.3) is 0 Å². The molecule has 3 nitrogen and oxygen atoms in total. The van der Waals surface area contributed by atoms with E-state index in [0.717, 1.165) is 19.5 Å². The maximum atomic E-state index is 11.7. The van der Waals surface area contributed by atoms with E-state index < -0.39 is 0 Å². The lowest BCUT2D eigenvalue weighted by Gasteiger charge is -2.25. The van der Waals surface area contributed by atoms with E-state index in [1.54, 1.807) is 0 Å². The van der Waals surface area contributed by atoms with E-state index in [9.17, 15) is 4.79 Å². The highest BCUT2D eigenvalue weighted by atomic mass is 16.2. The second-order valence-electron chi connectivity index (χ2n) is 3.69. The molecule has 0 aromatic heterocycles. The van der Waals surface area contributed by atoms with E-state index in [-0.39, 0.29) is 17.9 Å². The molecular weight excluding hydrogens is 164 g/mol. The number of carbonyl (C=O) groups excluding carboxylic acids is 1. The number of hydrogen-bond acceptors (Lipinski definition) is 2. The van der Waals surface area contributed by atoms with Crippen LogP contribution >= 0.6 is 0 Å². The van der Waals surface area contributed by atoms with Gasteiger partial charge in [-0.25, -0.2) is 0 Å². The van der Waals surface area contributed by atoms with Gasteiger partial charge >= 0.3 is 0 Å². The average Bonchev–Trinajstić information content (AvgIpc) is 2.11. The minimum atomic E-state index is -0.341. The minimum Gasteiger partial charge on any atom is -0.342 e. The van der Waals surface area contributed by atoms with Gasteiger partial charge in [-0.2, -0.15) is 0 Å². The van der Waals surface area contributed by atoms with Crippen molar-refractivity contribution < 1.29 is 4.79 Å². The highest BCUT2D eigenvalue weighted by Gasteiger charge is 2.21. The zero-order valence-corrected chi connectivity index (χ0v) is 9.21. The SMILES string of the molecule is CCCN(CC)C(=O)[C@@H](N)C(C)C. The third-order valence-corrected chi connectivity index (χ3v) is 2.19. The average molecular weight is 186 g/mol. The standard InChI is InChI=1S/C10H22N2O/c1-5-7-12(6-2)10(13)9(11)8(3)4/h8-9H,5-7,11H2,1-4H3/t9-/m0/s1. The monoisotopic (exact) mass is 186 g/mol. The van der Waals surface area contributed by atoms with Crippen molar-refractivity contribution in [2.45, 2.75) is 40.2 Å². The first kappa shape index (κ1) is 12.4. The fourth-order valence-corrected chi connectivity index (χ4v) is 1.19. The van der Waals surface area contributed by atoms with Gasteiger partial charge in [0.25, 0.3) is 0 Å².